The normalized spacial score (nSPS) is 15.0. The maximum absolute atomic E-state index is 13.2. The Morgan fingerprint density at radius 1 is 1.14 bits per heavy atom. The number of nitrogens with one attached hydrogen (secondary N) is 1. The Morgan fingerprint density at radius 3 is 2.24 bits per heavy atom. The molecule has 1 N–H and O–H groups in total. The molecule has 0 aliphatic rings. The summed E-state index contributed by atoms with van der Waals surface area (Å²) in [4.78, 5) is 1.28. The van der Waals surface area contributed by atoms with E-state index in [4.69, 9.17) is 0 Å². The molecule has 114 valence electrons. The van der Waals surface area contributed by atoms with Crippen LogP contribution >= 0.6 is 27.3 Å². The fraction of sp³-hybridized carbons (Fsp3) is 0.412. The second-order valence-corrected chi connectivity index (χ2v) is 8.17. The smallest absolute Gasteiger partial charge is 0.123 e. The van der Waals surface area contributed by atoms with Gasteiger partial charge in [-0.2, -0.15) is 0 Å². The number of hydrogen-bond donors (Lipinski definition) is 1. The topological polar surface area (TPSA) is 12.0 Å². The van der Waals surface area contributed by atoms with Crippen molar-refractivity contribution in [1.82, 2.24) is 5.32 Å². The van der Waals surface area contributed by atoms with Gasteiger partial charge in [0, 0.05) is 21.4 Å². The molecule has 1 heterocycles. The maximum Gasteiger partial charge on any atom is 0.123 e. The van der Waals surface area contributed by atoms with Gasteiger partial charge in [0.1, 0.15) is 5.82 Å². The SMILES string of the molecule is CC(NC(c1ccc(F)cc1)C(C)(C)C)c1sccc1Br. The number of benzene rings is 1. The quantitative estimate of drug-likeness (QED) is 0.687. The van der Waals surface area contributed by atoms with E-state index in [2.05, 4.69) is 60.4 Å². The van der Waals surface area contributed by atoms with Crippen LogP contribution in [0.3, 0.4) is 0 Å². The van der Waals surface area contributed by atoms with Crippen molar-refractivity contribution in [3.05, 3.63) is 56.4 Å². The Hall–Kier alpha value is -0.710. The van der Waals surface area contributed by atoms with Crippen LogP contribution in [0.1, 0.15) is 50.2 Å². The molecule has 0 radical (unpaired) electrons. The minimum Gasteiger partial charge on any atom is -0.302 e. The molecule has 1 aromatic heterocycles. The Kier molecular flexibility index (Phi) is 5.23. The van der Waals surface area contributed by atoms with E-state index in [-0.39, 0.29) is 23.3 Å². The fourth-order valence-corrected chi connectivity index (χ4v) is 4.18. The molecule has 0 saturated heterocycles. The molecule has 0 saturated carbocycles. The molecule has 1 nitrogen and oxygen atoms in total. The first-order valence-electron chi connectivity index (χ1n) is 7.03. The molecule has 2 atom stereocenters. The van der Waals surface area contributed by atoms with E-state index < -0.39 is 0 Å². The Labute approximate surface area is 138 Å². The van der Waals surface area contributed by atoms with E-state index in [0.29, 0.717) is 0 Å². The predicted octanol–water partition coefficient (Wildman–Crippen LogP) is 6.09. The second kappa shape index (κ2) is 6.59. The summed E-state index contributed by atoms with van der Waals surface area (Å²) in [5.74, 6) is -0.194. The first-order chi connectivity index (χ1) is 9.79. The Balaban J connectivity index is 2.26. The van der Waals surface area contributed by atoms with Gasteiger partial charge in [-0.25, -0.2) is 4.39 Å². The summed E-state index contributed by atoms with van der Waals surface area (Å²) in [6.07, 6.45) is 0. The highest BCUT2D eigenvalue weighted by Gasteiger charge is 2.28. The first-order valence-corrected chi connectivity index (χ1v) is 8.70. The summed E-state index contributed by atoms with van der Waals surface area (Å²) >= 11 is 5.33. The molecule has 0 aliphatic heterocycles. The third-order valence-electron chi connectivity index (χ3n) is 3.52. The molecule has 4 heteroatoms. The third kappa shape index (κ3) is 4.15. The van der Waals surface area contributed by atoms with Gasteiger partial charge in [-0.3, -0.25) is 0 Å². The summed E-state index contributed by atoms with van der Waals surface area (Å²) in [6, 6.07) is 9.25. The number of rotatable bonds is 4. The Bertz CT molecular complexity index is 586. The molecule has 2 aromatic rings. The van der Waals surface area contributed by atoms with Crippen molar-refractivity contribution in [2.24, 2.45) is 5.41 Å². The van der Waals surface area contributed by atoms with Gasteiger partial charge in [0.25, 0.3) is 0 Å². The van der Waals surface area contributed by atoms with Gasteiger partial charge in [-0.1, -0.05) is 32.9 Å². The zero-order valence-electron chi connectivity index (χ0n) is 12.8. The lowest BCUT2D eigenvalue weighted by Crippen LogP contribution is -2.34. The van der Waals surface area contributed by atoms with E-state index in [1.807, 2.05) is 12.1 Å². The van der Waals surface area contributed by atoms with Crippen LogP contribution in [-0.2, 0) is 0 Å². The van der Waals surface area contributed by atoms with Crippen LogP contribution in [-0.4, -0.2) is 0 Å². The number of halogens is 2. The molecule has 0 spiro atoms. The van der Waals surface area contributed by atoms with E-state index >= 15 is 0 Å². The number of hydrogen-bond acceptors (Lipinski definition) is 2. The van der Waals surface area contributed by atoms with Crippen molar-refractivity contribution in [3.63, 3.8) is 0 Å². The van der Waals surface area contributed by atoms with E-state index in [0.717, 1.165) is 10.0 Å². The van der Waals surface area contributed by atoms with Crippen LogP contribution < -0.4 is 5.32 Å². The summed E-state index contributed by atoms with van der Waals surface area (Å²) in [5, 5.41) is 5.78. The molecule has 2 rings (SSSR count). The highest BCUT2D eigenvalue weighted by molar-refractivity contribution is 9.10. The highest BCUT2D eigenvalue weighted by atomic mass is 79.9. The van der Waals surface area contributed by atoms with E-state index in [9.17, 15) is 4.39 Å². The van der Waals surface area contributed by atoms with Crippen molar-refractivity contribution in [2.45, 2.75) is 39.8 Å². The lowest BCUT2D eigenvalue weighted by Gasteiger charge is -2.34. The average Bonchev–Trinajstić information content (AvgIpc) is 2.82. The van der Waals surface area contributed by atoms with Crippen LogP contribution in [0.4, 0.5) is 4.39 Å². The average molecular weight is 370 g/mol. The zero-order valence-corrected chi connectivity index (χ0v) is 15.2. The molecule has 0 amide bonds. The molecule has 0 bridgehead atoms. The molecule has 0 aliphatic carbocycles. The van der Waals surface area contributed by atoms with Gasteiger partial charge < -0.3 is 5.32 Å². The zero-order chi connectivity index (χ0) is 15.6. The van der Waals surface area contributed by atoms with Crippen LogP contribution in [0.25, 0.3) is 0 Å². The lowest BCUT2D eigenvalue weighted by molar-refractivity contribution is 0.255. The van der Waals surface area contributed by atoms with Crippen molar-refractivity contribution in [1.29, 1.82) is 0 Å². The van der Waals surface area contributed by atoms with Gasteiger partial charge in [0.2, 0.25) is 0 Å². The fourth-order valence-electron chi connectivity index (χ4n) is 2.44. The largest absolute Gasteiger partial charge is 0.302 e. The van der Waals surface area contributed by atoms with E-state index in [1.165, 1.54) is 17.0 Å². The van der Waals surface area contributed by atoms with Crippen molar-refractivity contribution >= 4 is 27.3 Å². The van der Waals surface area contributed by atoms with Gasteiger partial charge in [0.15, 0.2) is 0 Å². The monoisotopic (exact) mass is 369 g/mol. The Morgan fingerprint density at radius 2 is 1.76 bits per heavy atom. The molecule has 2 unspecified atom stereocenters. The van der Waals surface area contributed by atoms with Gasteiger partial charge in [0.05, 0.1) is 0 Å². The second-order valence-electron chi connectivity index (χ2n) is 6.37. The highest BCUT2D eigenvalue weighted by Crippen LogP contribution is 2.37. The molecule has 21 heavy (non-hydrogen) atoms. The minimum atomic E-state index is -0.194. The van der Waals surface area contributed by atoms with Crippen LogP contribution in [0.2, 0.25) is 0 Å². The molecule has 1 aromatic carbocycles. The molecular weight excluding hydrogens is 349 g/mol. The number of thiophene rings is 1. The first kappa shape index (κ1) is 16.7. The van der Waals surface area contributed by atoms with Gasteiger partial charge in [-0.15, -0.1) is 11.3 Å². The van der Waals surface area contributed by atoms with Crippen molar-refractivity contribution in [2.75, 3.05) is 0 Å². The van der Waals surface area contributed by atoms with Gasteiger partial charge >= 0.3 is 0 Å². The summed E-state index contributed by atoms with van der Waals surface area (Å²) in [5.41, 5.74) is 1.15. The van der Waals surface area contributed by atoms with Crippen molar-refractivity contribution < 1.29 is 4.39 Å². The van der Waals surface area contributed by atoms with Crippen LogP contribution in [0.15, 0.2) is 40.2 Å². The van der Waals surface area contributed by atoms with E-state index in [1.54, 1.807) is 11.3 Å². The minimum absolute atomic E-state index is 0.0375. The summed E-state index contributed by atoms with van der Waals surface area (Å²) < 4.78 is 14.3. The summed E-state index contributed by atoms with van der Waals surface area (Å²) in [6.45, 7) is 8.76. The summed E-state index contributed by atoms with van der Waals surface area (Å²) in [7, 11) is 0. The van der Waals surface area contributed by atoms with Crippen LogP contribution in [0, 0.1) is 11.2 Å². The lowest BCUT2D eigenvalue weighted by atomic mass is 9.82. The molecule has 0 fully saturated rings. The maximum atomic E-state index is 13.2. The third-order valence-corrected chi connectivity index (χ3v) is 5.58. The van der Waals surface area contributed by atoms with Crippen molar-refractivity contribution in [3.8, 4) is 0 Å². The van der Waals surface area contributed by atoms with Crippen LogP contribution in [0.5, 0.6) is 0 Å². The van der Waals surface area contributed by atoms with Gasteiger partial charge in [-0.05, 0) is 57.4 Å². The predicted molar refractivity (Wildman–Crippen MR) is 92.2 cm³/mol. The standard InChI is InChI=1S/C17H21BrFNS/c1-11(15-14(18)9-10-21-15)20-16(17(2,3)4)12-5-7-13(19)8-6-12/h5-11,16,20H,1-4H3. The molecular formula is C17H21BrFNS.